The fraction of sp³-hybridized carbons (Fsp3) is 0.0667. The van der Waals surface area contributed by atoms with Crippen molar-refractivity contribution in [1.29, 1.82) is 0 Å². The van der Waals surface area contributed by atoms with Crippen LogP contribution in [0.1, 0.15) is 11.1 Å². The Morgan fingerprint density at radius 2 is 1.64 bits per heavy atom. The Labute approximate surface area is 125 Å². The van der Waals surface area contributed by atoms with Crippen LogP contribution in [0.25, 0.3) is 6.08 Å². The van der Waals surface area contributed by atoms with Gasteiger partial charge in [0.2, 0.25) is 0 Å². The highest BCUT2D eigenvalue weighted by molar-refractivity contribution is 7.90. The monoisotopic (exact) mass is 328 g/mol. The Morgan fingerprint density at radius 3 is 2.27 bits per heavy atom. The molecule has 0 unspecified atom stereocenters. The van der Waals surface area contributed by atoms with Crippen LogP contribution in [0.15, 0.2) is 60.0 Å². The summed E-state index contributed by atoms with van der Waals surface area (Å²) in [5, 5.41) is 0.794. The first-order chi connectivity index (χ1) is 10.3. The van der Waals surface area contributed by atoms with Gasteiger partial charge in [0.1, 0.15) is 5.75 Å². The lowest BCUT2D eigenvalue weighted by atomic mass is 10.2. The van der Waals surface area contributed by atoms with Gasteiger partial charge in [-0.2, -0.15) is 21.6 Å². The SMILES string of the molecule is O=S(=O)(/C=C/c1ccccc1)Oc1cccc(C(F)(F)F)c1. The molecule has 0 amide bonds. The lowest BCUT2D eigenvalue weighted by Crippen LogP contribution is -2.08. The van der Waals surface area contributed by atoms with Crippen molar-refractivity contribution in [2.24, 2.45) is 0 Å². The van der Waals surface area contributed by atoms with Crippen molar-refractivity contribution >= 4 is 16.2 Å². The normalized spacial score (nSPS) is 12.5. The lowest BCUT2D eigenvalue weighted by Gasteiger charge is -2.08. The minimum absolute atomic E-state index is 0.396. The van der Waals surface area contributed by atoms with Crippen LogP contribution in [0.2, 0.25) is 0 Å². The van der Waals surface area contributed by atoms with Crippen LogP contribution >= 0.6 is 0 Å². The van der Waals surface area contributed by atoms with Crippen LogP contribution in [0, 0.1) is 0 Å². The minimum atomic E-state index is -4.57. The third kappa shape index (κ3) is 4.63. The summed E-state index contributed by atoms with van der Waals surface area (Å²) in [4.78, 5) is 0. The maximum absolute atomic E-state index is 12.6. The molecule has 2 rings (SSSR count). The average molecular weight is 328 g/mol. The molecule has 0 aliphatic rings. The second kappa shape index (κ2) is 6.23. The van der Waals surface area contributed by atoms with E-state index in [1.807, 2.05) is 0 Å². The maximum atomic E-state index is 12.6. The van der Waals surface area contributed by atoms with Crippen LogP contribution in [-0.4, -0.2) is 8.42 Å². The zero-order valence-corrected chi connectivity index (χ0v) is 11.9. The number of benzene rings is 2. The summed E-state index contributed by atoms with van der Waals surface area (Å²) in [5.41, 5.74) is -0.356. The highest BCUT2D eigenvalue weighted by atomic mass is 32.2. The molecule has 0 heterocycles. The molecule has 0 saturated heterocycles. The zero-order valence-electron chi connectivity index (χ0n) is 11.1. The van der Waals surface area contributed by atoms with E-state index in [0.717, 1.165) is 23.6 Å². The van der Waals surface area contributed by atoms with E-state index < -0.39 is 27.6 Å². The van der Waals surface area contributed by atoms with E-state index in [-0.39, 0.29) is 0 Å². The first kappa shape index (κ1) is 16.1. The van der Waals surface area contributed by atoms with E-state index in [4.69, 9.17) is 0 Å². The van der Waals surface area contributed by atoms with Gasteiger partial charge in [0.05, 0.1) is 11.0 Å². The average Bonchev–Trinajstić information content (AvgIpc) is 2.45. The molecule has 0 saturated carbocycles. The first-order valence-corrected chi connectivity index (χ1v) is 7.58. The van der Waals surface area contributed by atoms with Gasteiger partial charge >= 0.3 is 16.3 Å². The molecule has 0 aliphatic heterocycles. The molecule has 0 aliphatic carbocycles. The summed E-state index contributed by atoms with van der Waals surface area (Å²) in [7, 11) is -4.14. The molecule has 0 fully saturated rings. The molecule has 0 radical (unpaired) electrons. The van der Waals surface area contributed by atoms with Crippen molar-refractivity contribution in [3.63, 3.8) is 0 Å². The fourth-order valence-electron chi connectivity index (χ4n) is 1.61. The quantitative estimate of drug-likeness (QED) is 0.794. The third-order valence-electron chi connectivity index (χ3n) is 2.60. The molecular weight excluding hydrogens is 317 g/mol. The predicted molar refractivity (Wildman–Crippen MR) is 76.5 cm³/mol. The molecule has 0 N–H and O–H groups in total. The molecule has 116 valence electrons. The largest absolute Gasteiger partial charge is 0.416 e. The van der Waals surface area contributed by atoms with Crippen LogP contribution in [0.5, 0.6) is 5.75 Å². The summed E-state index contributed by atoms with van der Waals surface area (Å²) >= 11 is 0. The lowest BCUT2D eigenvalue weighted by molar-refractivity contribution is -0.137. The van der Waals surface area contributed by atoms with Crippen molar-refractivity contribution in [3.05, 3.63) is 71.1 Å². The third-order valence-corrected chi connectivity index (χ3v) is 3.49. The van der Waals surface area contributed by atoms with E-state index in [1.165, 1.54) is 6.08 Å². The predicted octanol–water partition coefficient (Wildman–Crippen LogP) is 4.08. The molecule has 0 atom stereocenters. The molecule has 3 nitrogen and oxygen atoms in total. The zero-order chi connectivity index (χ0) is 16.2. The molecule has 0 aromatic heterocycles. The van der Waals surface area contributed by atoms with E-state index >= 15 is 0 Å². The second-order valence-corrected chi connectivity index (χ2v) is 5.74. The summed E-state index contributed by atoms with van der Waals surface area (Å²) in [6, 6.07) is 12.3. The van der Waals surface area contributed by atoms with Crippen molar-refractivity contribution < 1.29 is 25.8 Å². The Bertz CT molecular complexity index is 766. The Hall–Kier alpha value is -2.28. The maximum Gasteiger partial charge on any atom is 0.416 e. The van der Waals surface area contributed by atoms with Crippen molar-refractivity contribution in [2.75, 3.05) is 0 Å². The number of hydrogen-bond acceptors (Lipinski definition) is 3. The summed E-state index contributed by atoms with van der Waals surface area (Å²) in [6.07, 6.45) is -3.27. The van der Waals surface area contributed by atoms with Crippen LogP contribution < -0.4 is 4.18 Å². The van der Waals surface area contributed by atoms with Gasteiger partial charge in [-0.05, 0) is 29.8 Å². The standard InChI is InChI=1S/C15H11F3O3S/c16-15(17,18)13-7-4-8-14(11-13)21-22(19,20)10-9-12-5-2-1-3-6-12/h1-11H/b10-9+. The van der Waals surface area contributed by atoms with Gasteiger partial charge in [0.15, 0.2) is 0 Å². The summed E-state index contributed by atoms with van der Waals surface area (Å²) < 4.78 is 65.8. The first-order valence-electron chi connectivity index (χ1n) is 6.11. The smallest absolute Gasteiger partial charge is 0.379 e. The van der Waals surface area contributed by atoms with E-state index in [1.54, 1.807) is 30.3 Å². The Morgan fingerprint density at radius 1 is 0.955 bits per heavy atom. The minimum Gasteiger partial charge on any atom is -0.379 e. The van der Waals surface area contributed by atoms with Gasteiger partial charge in [-0.15, -0.1) is 0 Å². The molecule has 7 heteroatoms. The number of rotatable bonds is 4. The van der Waals surface area contributed by atoms with Gasteiger partial charge in [-0.25, -0.2) is 0 Å². The van der Waals surface area contributed by atoms with Crippen molar-refractivity contribution in [2.45, 2.75) is 6.18 Å². The molecular formula is C15H11F3O3S. The molecule has 0 spiro atoms. The van der Waals surface area contributed by atoms with Gasteiger partial charge in [0, 0.05) is 0 Å². The number of hydrogen-bond donors (Lipinski definition) is 0. The van der Waals surface area contributed by atoms with E-state index in [9.17, 15) is 21.6 Å². The summed E-state index contributed by atoms with van der Waals surface area (Å²) in [6.45, 7) is 0. The molecule has 22 heavy (non-hydrogen) atoms. The highest BCUT2D eigenvalue weighted by Gasteiger charge is 2.30. The Kier molecular flexibility index (Phi) is 4.56. The van der Waals surface area contributed by atoms with Crippen LogP contribution in [-0.2, 0) is 16.3 Å². The van der Waals surface area contributed by atoms with Crippen LogP contribution in [0.3, 0.4) is 0 Å². The van der Waals surface area contributed by atoms with E-state index in [0.29, 0.717) is 11.6 Å². The van der Waals surface area contributed by atoms with Gasteiger partial charge < -0.3 is 4.18 Å². The number of alkyl halides is 3. The Balaban J connectivity index is 2.17. The topological polar surface area (TPSA) is 43.4 Å². The van der Waals surface area contributed by atoms with Gasteiger partial charge in [0.25, 0.3) is 0 Å². The van der Waals surface area contributed by atoms with Gasteiger partial charge in [-0.1, -0.05) is 36.4 Å². The fourth-order valence-corrected chi connectivity index (χ4v) is 2.36. The summed E-state index contributed by atoms with van der Waals surface area (Å²) in [5.74, 6) is -0.396. The highest BCUT2D eigenvalue weighted by Crippen LogP contribution is 2.31. The van der Waals surface area contributed by atoms with E-state index in [2.05, 4.69) is 4.18 Å². The van der Waals surface area contributed by atoms with Gasteiger partial charge in [-0.3, -0.25) is 0 Å². The molecule has 0 bridgehead atoms. The second-order valence-electron chi connectivity index (χ2n) is 4.32. The van der Waals surface area contributed by atoms with Crippen LogP contribution in [0.4, 0.5) is 13.2 Å². The van der Waals surface area contributed by atoms with Crippen molar-refractivity contribution in [1.82, 2.24) is 0 Å². The van der Waals surface area contributed by atoms with Crippen molar-refractivity contribution in [3.8, 4) is 5.75 Å². The molecule has 2 aromatic carbocycles. The molecule has 2 aromatic rings. The number of halogens is 3.